The summed E-state index contributed by atoms with van der Waals surface area (Å²) < 4.78 is 0. The maximum atomic E-state index is 12.6. The van der Waals surface area contributed by atoms with Gasteiger partial charge in [-0.2, -0.15) is 0 Å². The van der Waals surface area contributed by atoms with E-state index in [9.17, 15) is 4.79 Å². The lowest BCUT2D eigenvalue weighted by Gasteiger charge is -2.34. The number of nitrogens with one attached hydrogen (secondary N) is 1. The van der Waals surface area contributed by atoms with Gasteiger partial charge in [0.05, 0.1) is 6.04 Å². The van der Waals surface area contributed by atoms with Crippen LogP contribution in [0.1, 0.15) is 19.4 Å². The summed E-state index contributed by atoms with van der Waals surface area (Å²) in [6.07, 6.45) is 3.54. The van der Waals surface area contributed by atoms with Crippen LogP contribution in [0.3, 0.4) is 0 Å². The molecule has 0 bridgehead atoms. The fourth-order valence-electron chi connectivity index (χ4n) is 2.54. The SMILES string of the molecule is CCN(Cc1ccncc1)C(=O)C(C)N1CCNCC1. The van der Waals surface area contributed by atoms with Gasteiger partial charge in [0, 0.05) is 51.7 Å². The quantitative estimate of drug-likeness (QED) is 0.861. The van der Waals surface area contributed by atoms with Gasteiger partial charge in [-0.1, -0.05) is 0 Å². The Morgan fingerprint density at radius 3 is 2.65 bits per heavy atom. The second-order valence-electron chi connectivity index (χ2n) is 5.17. The molecule has 2 rings (SSSR count). The Morgan fingerprint density at radius 1 is 1.40 bits per heavy atom. The molecule has 1 atom stereocenters. The number of aromatic nitrogens is 1. The van der Waals surface area contributed by atoms with Gasteiger partial charge in [0.15, 0.2) is 0 Å². The Kier molecular flexibility index (Phi) is 5.49. The van der Waals surface area contributed by atoms with E-state index in [1.54, 1.807) is 12.4 Å². The van der Waals surface area contributed by atoms with Crippen molar-refractivity contribution >= 4 is 5.91 Å². The van der Waals surface area contributed by atoms with Crippen LogP contribution < -0.4 is 5.32 Å². The molecule has 0 radical (unpaired) electrons. The Bertz CT molecular complexity index is 417. The molecule has 1 saturated heterocycles. The number of nitrogens with zero attached hydrogens (tertiary/aromatic N) is 3. The van der Waals surface area contributed by atoms with Gasteiger partial charge in [-0.3, -0.25) is 14.7 Å². The van der Waals surface area contributed by atoms with E-state index in [0.29, 0.717) is 6.54 Å². The highest BCUT2D eigenvalue weighted by molar-refractivity contribution is 5.81. The molecule has 0 aromatic carbocycles. The van der Waals surface area contributed by atoms with E-state index in [4.69, 9.17) is 0 Å². The fraction of sp³-hybridized carbons (Fsp3) is 0.600. The molecule has 20 heavy (non-hydrogen) atoms. The van der Waals surface area contributed by atoms with E-state index in [2.05, 4.69) is 15.2 Å². The van der Waals surface area contributed by atoms with Crippen molar-refractivity contribution < 1.29 is 4.79 Å². The van der Waals surface area contributed by atoms with E-state index in [1.807, 2.05) is 30.9 Å². The van der Waals surface area contributed by atoms with E-state index in [1.165, 1.54) is 0 Å². The standard InChI is InChI=1S/C15H24N4O/c1-3-18(12-14-4-6-16-7-5-14)15(20)13(2)19-10-8-17-9-11-19/h4-7,13,17H,3,8-12H2,1-2H3. The number of likely N-dealkylation sites (N-methyl/N-ethyl adjacent to an activating group) is 1. The van der Waals surface area contributed by atoms with Crippen molar-refractivity contribution in [1.29, 1.82) is 0 Å². The Labute approximate surface area is 121 Å². The van der Waals surface area contributed by atoms with Crippen molar-refractivity contribution in [1.82, 2.24) is 20.1 Å². The summed E-state index contributed by atoms with van der Waals surface area (Å²) in [5, 5.41) is 3.32. The van der Waals surface area contributed by atoms with Gasteiger partial charge in [-0.25, -0.2) is 0 Å². The summed E-state index contributed by atoms with van der Waals surface area (Å²) in [7, 11) is 0. The lowest BCUT2D eigenvalue weighted by molar-refractivity contribution is -0.137. The molecule has 1 N–H and O–H groups in total. The van der Waals surface area contributed by atoms with Crippen LogP contribution in [0.2, 0.25) is 0 Å². The third-order valence-corrected chi connectivity index (χ3v) is 3.87. The summed E-state index contributed by atoms with van der Waals surface area (Å²) in [5.41, 5.74) is 1.13. The maximum absolute atomic E-state index is 12.6. The zero-order chi connectivity index (χ0) is 14.4. The van der Waals surface area contributed by atoms with Crippen molar-refractivity contribution in [3.05, 3.63) is 30.1 Å². The number of pyridine rings is 1. The molecule has 1 unspecified atom stereocenters. The van der Waals surface area contributed by atoms with Crippen LogP contribution in [-0.2, 0) is 11.3 Å². The summed E-state index contributed by atoms with van der Waals surface area (Å²) in [4.78, 5) is 20.8. The van der Waals surface area contributed by atoms with Crippen molar-refractivity contribution in [3.63, 3.8) is 0 Å². The van der Waals surface area contributed by atoms with E-state index < -0.39 is 0 Å². The highest BCUT2D eigenvalue weighted by Gasteiger charge is 2.26. The van der Waals surface area contributed by atoms with Crippen LogP contribution in [-0.4, -0.2) is 59.5 Å². The van der Waals surface area contributed by atoms with Crippen molar-refractivity contribution in [2.75, 3.05) is 32.7 Å². The molecule has 1 aliphatic heterocycles. The molecule has 2 heterocycles. The van der Waals surface area contributed by atoms with Crippen LogP contribution in [0.4, 0.5) is 0 Å². The predicted octanol–water partition coefficient (Wildman–Crippen LogP) is 0.724. The molecule has 1 aromatic rings. The minimum atomic E-state index is -0.0427. The summed E-state index contributed by atoms with van der Waals surface area (Å²) in [6, 6.07) is 3.88. The first-order valence-electron chi connectivity index (χ1n) is 7.35. The number of piperazine rings is 1. The van der Waals surface area contributed by atoms with Crippen LogP contribution >= 0.6 is 0 Å². The highest BCUT2D eigenvalue weighted by atomic mass is 16.2. The third kappa shape index (κ3) is 3.77. The van der Waals surface area contributed by atoms with Gasteiger partial charge < -0.3 is 10.2 Å². The van der Waals surface area contributed by atoms with Gasteiger partial charge in [0.25, 0.3) is 0 Å². The molecule has 5 nitrogen and oxygen atoms in total. The summed E-state index contributed by atoms with van der Waals surface area (Å²) in [6.45, 7) is 9.26. The zero-order valence-corrected chi connectivity index (χ0v) is 12.4. The molecule has 110 valence electrons. The number of carbonyl (C=O) groups excluding carboxylic acids is 1. The molecular formula is C15H24N4O. The normalized spacial score (nSPS) is 17.7. The van der Waals surface area contributed by atoms with Gasteiger partial charge in [0.2, 0.25) is 5.91 Å². The maximum Gasteiger partial charge on any atom is 0.239 e. The Balaban J connectivity index is 1.97. The summed E-state index contributed by atoms with van der Waals surface area (Å²) >= 11 is 0. The molecule has 1 aliphatic rings. The minimum Gasteiger partial charge on any atom is -0.337 e. The van der Waals surface area contributed by atoms with Crippen LogP contribution in [0.5, 0.6) is 0 Å². The average molecular weight is 276 g/mol. The molecule has 0 saturated carbocycles. The fourth-order valence-corrected chi connectivity index (χ4v) is 2.54. The first kappa shape index (κ1) is 14.9. The molecular weight excluding hydrogens is 252 g/mol. The predicted molar refractivity (Wildman–Crippen MR) is 79.2 cm³/mol. The number of hydrogen-bond donors (Lipinski definition) is 1. The molecule has 1 aromatic heterocycles. The first-order valence-corrected chi connectivity index (χ1v) is 7.35. The number of hydrogen-bond acceptors (Lipinski definition) is 4. The van der Waals surface area contributed by atoms with E-state index in [0.717, 1.165) is 38.3 Å². The Hall–Kier alpha value is -1.46. The van der Waals surface area contributed by atoms with Gasteiger partial charge in [0.1, 0.15) is 0 Å². The smallest absolute Gasteiger partial charge is 0.239 e. The van der Waals surface area contributed by atoms with Gasteiger partial charge >= 0.3 is 0 Å². The topological polar surface area (TPSA) is 48.5 Å². The van der Waals surface area contributed by atoms with Crippen LogP contribution in [0, 0.1) is 0 Å². The molecule has 1 fully saturated rings. The average Bonchev–Trinajstić information content (AvgIpc) is 2.53. The second-order valence-corrected chi connectivity index (χ2v) is 5.17. The van der Waals surface area contributed by atoms with Crippen molar-refractivity contribution in [2.45, 2.75) is 26.4 Å². The largest absolute Gasteiger partial charge is 0.337 e. The van der Waals surface area contributed by atoms with Gasteiger partial charge in [-0.05, 0) is 31.5 Å². The summed E-state index contributed by atoms with van der Waals surface area (Å²) in [5.74, 6) is 0.214. The van der Waals surface area contributed by atoms with E-state index >= 15 is 0 Å². The molecule has 1 amide bonds. The van der Waals surface area contributed by atoms with Crippen molar-refractivity contribution in [3.8, 4) is 0 Å². The van der Waals surface area contributed by atoms with Crippen LogP contribution in [0.15, 0.2) is 24.5 Å². The lowest BCUT2D eigenvalue weighted by atomic mass is 10.2. The first-order chi connectivity index (χ1) is 9.72. The number of amides is 1. The Morgan fingerprint density at radius 2 is 2.05 bits per heavy atom. The zero-order valence-electron chi connectivity index (χ0n) is 12.4. The van der Waals surface area contributed by atoms with Crippen LogP contribution in [0.25, 0.3) is 0 Å². The highest BCUT2D eigenvalue weighted by Crippen LogP contribution is 2.09. The van der Waals surface area contributed by atoms with E-state index in [-0.39, 0.29) is 11.9 Å². The molecule has 5 heteroatoms. The van der Waals surface area contributed by atoms with Crippen molar-refractivity contribution in [2.24, 2.45) is 0 Å². The lowest BCUT2D eigenvalue weighted by Crippen LogP contribution is -2.53. The molecule has 0 spiro atoms. The number of carbonyl (C=O) groups is 1. The second kappa shape index (κ2) is 7.36. The monoisotopic (exact) mass is 276 g/mol. The minimum absolute atomic E-state index is 0.0427. The molecule has 0 aliphatic carbocycles. The third-order valence-electron chi connectivity index (χ3n) is 3.87. The van der Waals surface area contributed by atoms with Gasteiger partial charge in [-0.15, -0.1) is 0 Å². The number of rotatable bonds is 5.